The Hall–Kier alpha value is -1.94. The molecule has 2 aromatic rings. The highest BCUT2D eigenvalue weighted by molar-refractivity contribution is 5.26. The Balaban J connectivity index is 1.97. The molecule has 0 bridgehead atoms. The molecule has 0 aromatic heterocycles. The van der Waals surface area contributed by atoms with E-state index in [4.69, 9.17) is 4.74 Å². The Kier molecular flexibility index (Phi) is 5.07. The molecule has 0 spiro atoms. The second-order valence-corrected chi connectivity index (χ2v) is 4.46. The highest BCUT2D eigenvalue weighted by Gasteiger charge is 2.03. The van der Waals surface area contributed by atoms with Crippen molar-refractivity contribution >= 4 is 0 Å². The number of rotatable bonds is 6. The molecule has 0 aliphatic carbocycles. The van der Waals surface area contributed by atoms with Crippen LogP contribution in [0.4, 0.5) is 8.78 Å². The highest BCUT2D eigenvalue weighted by Crippen LogP contribution is 2.17. The summed E-state index contributed by atoms with van der Waals surface area (Å²) in [6.45, 7) is 4.09. The van der Waals surface area contributed by atoms with Crippen molar-refractivity contribution in [2.24, 2.45) is 0 Å². The van der Waals surface area contributed by atoms with Gasteiger partial charge in [-0.2, -0.15) is 0 Å². The summed E-state index contributed by atoms with van der Waals surface area (Å²) in [5.41, 5.74) is 2.16. The fourth-order valence-electron chi connectivity index (χ4n) is 1.83. The summed E-state index contributed by atoms with van der Waals surface area (Å²) < 4.78 is 31.3. The number of benzene rings is 2. The van der Waals surface area contributed by atoms with Crippen LogP contribution in [0, 0.1) is 11.6 Å². The van der Waals surface area contributed by atoms with E-state index in [1.807, 2.05) is 24.3 Å². The van der Waals surface area contributed by atoms with Crippen LogP contribution < -0.4 is 10.1 Å². The maximum atomic E-state index is 13.0. The van der Waals surface area contributed by atoms with Crippen LogP contribution in [0.15, 0.2) is 42.5 Å². The molecule has 0 saturated heterocycles. The topological polar surface area (TPSA) is 21.3 Å². The van der Waals surface area contributed by atoms with Gasteiger partial charge in [-0.25, -0.2) is 8.78 Å². The van der Waals surface area contributed by atoms with E-state index in [2.05, 4.69) is 12.2 Å². The van der Waals surface area contributed by atoms with Crippen LogP contribution in [0.5, 0.6) is 5.75 Å². The summed E-state index contributed by atoms with van der Waals surface area (Å²) in [5.74, 6) is -1.45. The summed E-state index contributed by atoms with van der Waals surface area (Å²) >= 11 is 0. The van der Waals surface area contributed by atoms with Gasteiger partial charge in [-0.05, 0) is 29.8 Å². The first-order valence-electron chi connectivity index (χ1n) is 6.55. The molecule has 2 rings (SSSR count). The first-order chi connectivity index (χ1) is 9.69. The van der Waals surface area contributed by atoms with Gasteiger partial charge in [-0.1, -0.05) is 31.2 Å². The second kappa shape index (κ2) is 7.01. The van der Waals surface area contributed by atoms with Crippen molar-refractivity contribution in [3.63, 3.8) is 0 Å². The van der Waals surface area contributed by atoms with Crippen LogP contribution >= 0.6 is 0 Å². The lowest BCUT2D eigenvalue weighted by Gasteiger charge is -2.08. The number of nitrogens with one attached hydrogen (secondary N) is 1. The Morgan fingerprint density at radius 2 is 1.80 bits per heavy atom. The maximum Gasteiger partial charge on any atom is 0.162 e. The lowest BCUT2D eigenvalue weighted by molar-refractivity contribution is 0.303. The van der Waals surface area contributed by atoms with Crippen molar-refractivity contribution < 1.29 is 13.5 Å². The first kappa shape index (κ1) is 14.5. The number of hydrogen-bond acceptors (Lipinski definition) is 2. The van der Waals surface area contributed by atoms with E-state index in [1.165, 1.54) is 11.6 Å². The molecule has 2 aromatic carbocycles. The molecule has 0 heterocycles. The van der Waals surface area contributed by atoms with Gasteiger partial charge in [0.2, 0.25) is 0 Å². The third kappa shape index (κ3) is 4.03. The fraction of sp³-hybridized carbons (Fsp3) is 0.250. The molecule has 1 N–H and O–H groups in total. The lowest BCUT2D eigenvalue weighted by Crippen LogP contribution is -2.11. The van der Waals surface area contributed by atoms with Gasteiger partial charge in [0.15, 0.2) is 11.6 Å². The van der Waals surface area contributed by atoms with Crippen LogP contribution in [-0.2, 0) is 13.2 Å². The summed E-state index contributed by atoms with van der Waals surface area (Å²) in [5, 5.41) is 3.25. The van der Waals surface area contributed by atoms with Crippen molar-refractivity contribution in [2.45, 2.75) is 20.1 Å². The molecule has 0 aliphatic rings. The van der Waals surface area contributed by atoms with E-state index in [-0.39, 0.29) is 0 Å². The van der Waals surface area contributed by atoms with Gasteiger partial charge in [-0.15, -0.1) is 0 Å². The van der Waals surface area contributed by atoms with Gasteiger partial charge in [-0.3, -0.25) is 0 Å². The highest BCUT2D eigenvalue weighted by atomic mass is 19.2. The van der Waals surface area contributed by atoms with E-state index >= 15 is 0 Å². The van der Waals surface area contributed by atoms with Gasteiger partial charge in [0.1, 0.15) is 12.4 Å². The van der Waals surface area contributed by atoms with Crippen LogP contribution in [0.1, 0.15) is 18.1 Å². The smallest absolute Gasteiger partial charge is 0.162 e. The van der Waals surface area contributed by atoms with Crippen molar-refractivity contribution in [3.8, 4) is 5.75 Å². The minimum atomic E-state index is -0.900. The molecular formula is C16H17F2NO. The Labute approximate surface area is 117 Å². The van der Waals surface area contributed by atoms with Crippen molar-refractivity contribution in [2.75, 3.05) is 6.54 Å². The first-order valence-corrected chi connectivity index (χ1v) is 6.55. The lowest BCUT2D eigenvalue weighted by atomic mass is 10.1. The molecular weight excluding hydrogens is 260 g/mol. The van der Waals surface area contributed by atoms with E-state index in [9.17, 15) is 8.78 Å². The molecule has 0 fully saturated rings. The van der Waals surface area contributed by atoms with Crippen LogP contribution in [0.25, 0.3) is 0 Å². The van der Waals surface area contributed by atoms with E-state index in [0.29, 0.717) is 12.4 Å². The number of ether oxygens (including phenoxy) is 1. The minimum Gasteiger partial charge on any atom is -0.489 e. The average Bonchev–Trinajstić information content (AvgIpc) is 2.47. The molecule has 0 saturated carbocycles. The van der Waals surface area contributed by atoms with E-state index < -0.39 is 11.6 Å². The molecule has 2 nitrogen and oxygen atoms in total. The van der Waals surface area contributed by atoms with Crippen molar-refractivity contribution in [1.29, 1.82) is 0 Å². The fourth-order valence-corrected chi connectivity index (χ4v) is 1.83. The molecule has 0 unspecified atom stereocenters. The van der Waals surface area contributed by atoms with Gasteiger partial charge in [0.05, 0.1) is 0 Å². The largest absolute Gasteiger partial charge is 0.489 e. The standard InChI is InChI=1S/C16H17F2NO/c1-2-19-10-12-4-3-5-13(8-12)11-20-14-6-7-15(17)16(18)9-14/h3-9,19H,2,10-11H2,1H3. The SMILES string of the molecule is CCNCc1cccc(COc2ccc(F)c(F)c2)c1. The summed E-state index contributed by atoms with van der Waals surface area (Å²) in [6, 6.07) is 11.5. The van der Waals surface area contributed by atoms with E-state index in [0.717, 1.165) is 30.8 Å². The monoisotopic (exact) mass is 277 g/mol. The number of hydrogen-bond donors (Lipinski definition) is 1. The third-order valence-electron chi connectivity index (χ3n) is 2.87. The quantitative estimate of drug-likeness (QED) is 0.870. The van der Waals surface area contributed by atoms with Gasteiger partial charge in [0, 0.05) is 12.6 Å². The molecule has 0 atom stereocenters. The molecule has 0 amide bonds. The normalized spacial score (nSPS) is 10.6. The Morgan fingerprint density at radius 3 is 2.55 bits per heavy atom. The summed E-state index contributed by atoms with van der Waals surface area (Å²) in [4.78, 5) is 0. The Morgan fingerprint density at radius 1 is 1.00 bits per heavy atom. The van der Waals surface area contributed by atoms with Crippen LogP contribution in [-0.4, -0.2) is 6.54 Å². The maximum absolute atomic E-state index is 13.0. The Bertz CT molecular complexity index is 572. The third-order valence-corrected chi connectivity index (χ3v) is 2.87. The molecule has 4 heteroatoms. The zero-order valence-corrected chi connectivity index (χ0v) is 11.3. The second-order valence-electron chi connectivity index (χ2n) is 4.46. The zero-order chi connectivity index (χ0) is 14.4. The molecule has 20 heavy (non-hydrogen) atoms. The van der Waals surface area contributed by atoms with Crippen LogP contribution in [0.3, 0.4) is 0 Å². The number of halogens is 2. The van der Waals surface area contributed by atoms with Crippen molar-refractivity contribution in [3.05, 3.63) is 65.2 Å². The minimum absolute atomic E-state index is 0.320. The zero-order valence-electron chi connectivity index (χ0n) is 11.3. The van der Waals surface area contributed by atoms with Gasteiger partial charge >= 0.3 is 0 Å². The molecule has 0 radical (unpaired) electrons. The van der Waals surface area contributed by atoms with Gasteiger partial charge in [0.25, 0.3) is 0 Å². The predicted octanol–water partition coefficient (Wildman–Crippen LogP) is 3.65. The summed E-state index contributed by atoms with van der Waals surface area (Å²) in [7, 11) is 0. The molecule has 0 aliphatic heterocycles. The predicted molar refractivity (Wildman–Crippen MR) is 74.5 cm³/mol. The van der Waals surface area contributed by atoms with E-state index in [1.54, 1.807) is 0 Å². The van der Waals surface area contributed by atoms with Crippen LogP contribution in [0.2, 0.25) is 0 Å². The summed E-state index contributed by atoms with van der Waals surface area (Å²) in [6.07, 6.45) is 0. The average molecular weight is 277 g/mol. The van der Waals surface area contributed by atoms with Gasteiger partial charge < -0.3 is 10.1 Å². The molecule has 106 valence electrons. The van der Waals surface area contributed by atoms with Crippen molar-refractivity contribution in [1.82, 2.24) is 5.32 Å².